The van der Waals surface area contributed by atoms with E-state index in [0.29, 0.717) is 13.2 Å². The van der Waals surface area contributed by atoms with E-state index in [9.17, 15) is 10.2 Å². The largest absolute Gasteiger partial charge is 0.388 e. The molecule has 0 unspecified atom stereocenters. The summed E-state index contributed by atoms with van der Waals surface area (Å²) in [6, 6.07) is 19.5. The zero-order valence-corrected chi connectivity index (χ0v) is 16.1. The summed E-state index contributed by atoms with van der Waals surface area (Å²) in [5.74, 6) is 0. The monoisotopic (exact) mass is 358 g/mol. The smallest absolute Gasteiger partial charge is 0.115 e. The van der Waals surface area contributed by atoms with Crippen LogP contribution in [0, 0.1) is 0 Å². The molecule has 2 aromatic rings. The van der Waals surface area contributed by atoms with Crippen molar-refractivity contribution in [1.82, 2.24) is 0 Å². The van der Waals surface area contributed by atoms with Gasteiger partial charge in [-0.2, -0.15) is 0 Å². The Labute approximate surface area is 156 Å². The van der Waals surface area contributed by atoms with E-state index in [1.165, 1.54) is 0 Å². The van der Waals surface area contributed by atoms with Gasteiger partial charge in [-0.05, 0) is 38.8 Å². The van der Waals surface area contributed by atoms with Gasteiger partial charge in [0.05, 0.1) is 24.4 Å². The highest BCUT2D eigenvalue weighted by Crippen LogP contribution is 2.28. The lowest BCUT2D eigenvalue weighted by molar-refractivity contribution is -0.211. The topological polar surface area (TPSA) is 58.9 Å². The summed E-state index contributed by atoms with van der Waals surface area (Å²) < 4.78 is 12.1. The van der Waals surface area contributed by atoms with E-state index in [4.69, 9.17) is 9.47 Å². The van der Waals surface area contributed by atoms with Crippen LogP contribution < -0.4 is 0 Å². The van der Waals surface area contributed by atoms with E-state index in [1.807, 2.05) is 60.7 Å². The van der Waals surface area contributed by atoms with E-state index in [-0.39, 0.29) is 0 Å². The number of hydrogen-bond acceptors (Lipinski definition) is 4. The van der Waals surface area contributed by atoms with Crippen molar-refractivity contribution in [3.63, 3.8) is 0 Å². The zero-order valence-electron chi connectivity index (χ0n) is 16.1. The fourth-order valence-electron chi connectivity index (χ4n) is 2.84. The van der Waals surface area contributed by atoms with Crippen molar-refractivity contribution in [3.8, 4) is 0 Å². The summed E-state index contributed by atoms with van der Waals surface area (Å²) in [7, 11) is 0. The molecule has 2 atom stereocenters. The lowest BCUT2D eigenvalue weighted by Crippen LogP contribution is -2.56. The number of hydrogen-bond donors (Lipinski definition) is 2. The van der Waals surface area contributed by atoms with Crippen molar-refractivity contribution in [2.75, 3.05) is 0 Å². The molecule has 0 heterocycles. The molecule has 0 bridgehead atoms. The third kappa shape index (κ3) is 6.22. The molecule has 0 radical (unpaired) electrons. The molecule has 26 heavy (non-hydrogen) atoms. The zero-order chi connectivity index (χ0) is 19.2. The Morgan fingerprint density at radius 1 is 0.654 bits per heavy atom. The Morgan fingerprint density at radius 3 is 1.23 bits per heavy atom. The van der Waals surface area contributed by atoms with Gasteiger partial charge in [0.15, 0.2) is 0 Å². The molecule has 2 rings (SSSR count). The summed E-state index contributed by atoms with van der Waals surface area (Å²) >= 11 is 0. The van der Waals surface area contributed by atoms with Crippen LogP contribution in [0.1, 0.15) is 38.8 Å². The van der Waals surface area contributed by atoms with Crippen LogP contribution in [0.2, 0.25) is 0 Å². The maximum Gasteiger partial charge on any atom is 0.115 e. The maximum absolute atomic E-state index is 10.7. The minimum atomic E-state index is -1.18. The quantitative estimate of drug-likeness (QED) is 0.718. The van der Waals surface area contributed by atoms with E-state index < -0.39 is 23.4 Å². The van der Waals surface area contributed by atoms with Crippen LogP contribution in [0.25, 0.3) is 0 Å². The van der Waals surface area contributed by atoms with Gasteiger partial charge < -0.3 is 19.7 Å². The molecule has 0 spiro atoms. The lowest BCUT2D eigenvalue weighted by atomic mass is 9.87. The number of aliphatic hydroxyl groups is 2. The Hall–Kier alpha value is -1.72. The van der Waals surface area contributed by atoms with Crippen LogP contribution in [-0.4, -0.2) is 33.6 Å². The Balaban J connectivity index is 2.16. The first-order valence-corrected chi connectivity index (χ1v) is 8.94. The second kappa shape index (κ2) is 8.78. The molecule has 0 aliphatic heterocycles. The molecule has 4 heteroatoms. The van der Waals surface area contributed by atoms with Gasteiger partial charge in [0, 0.05) is 0 Å². The molecular formula is C22H30O4. The molecule has 2 N–H and O–H groups in total. The van der Waals surface area contributed by atoms with Crippen LogP contribution in [0.5, 0.6) is 0 Å². The van der Waals surface area contributed by atoms with Gasteiger partial charge in [-0.1, -0.05) is 60.7 Å². The first-order chi connectivity index (χ1) is 12.2. The fourth-order valence-corrected chi connectivity index (χ4v) is 2.84. The van der Waals surface area contributed by atoms with Crippen LogP contribution in [0.4, 0.5) is 0 Å². The van der Waals surface area contributed by atoms with E-state index in [0.717, 1.165) is 11.1 Å². The molecule has 142 valence electrons. The summed E-state index contributed by atoms with van der Waals surface area (Å²) in [6.07, 6.45) is -1.40. The first-order valence-electron chi connectivity index (χ1n) is 8.94. The van der Waals surface area contributed by atoms with Crippen LogP contribution >= 0.6 is 0 Å². The highest BCUT2D eigenvalue weighted by molar-refractivity contribution is 5.14. The predicted molar refractivity (Wildman–Crippen MR) is 103 cm³/mol. The van der Waals surface area contributed by atoms with Crippen molar-refractivity contribution in [3.05, 3.63) is 71.8 Å². The van der Waals surface area contributed by atoms with Gasteiger partial charge in [0.25, 0.3) is 0 Å². The van der Waals surface area contributed by atoms with E-state index >= 15 is 0 Å². The average molecular weight is 358 g/mol. The van der Waals surface area contributed by atoms with Crippen molar-refractivity contribution in [2.45, 2.75) is 64.3 Å². The van der Waals surface area contributed by atoms with Crippen LogP contribution in [-0.2, 0) is 22.7 Å². The molecule has 2 aromatic carbocycles. The minimum Gasteiger partial charge on any atom is -0.388 e. The van der Waals surface area contributed by atoms with Crippen molar-refractivity contribution in [1.29, 1.82) is 0 Å². The normalized spacial score (nSPS) is 14.8. The predicted octanol–water partition coefficient (Wildman–Crippen LogP) is 3.70. The average Bonchev–Trinajstić information content (AvgIpc) is 2.57. The molecule has 0 amide bonds. The van der Waals surface area contributed by atoms with E-state index in [1.54, 1.807) is 27.7 Å². The molecular weight excluding hydrogens is 328 g/mol. The van der Waals surface area contributed by atoms with Crippen LogP contribution in [0.15, 0.2) is 60.7 Å². The van der Waals surface area contributed by atoms with Crippen LogP contribution in [0.3, 0.4) is 0 Å². The molecule has 4 nitrogen and oxygen atoms in total. The van der Waals surface area contributed by atoms with Gasteiger partial charge >= 0.3 is 0 Å². The van der Waals surface area contributed by atoms with Gasteiger partial charge in [0.1, 0.15) is 12.2 Å². The summed E-state index contributed by atoms with van der Waals surface area (Å²) in [5.41, 5.74) is -0.370. The van der Waals surface area contributed by atoms with Gasteiger partial charge in [0.2, 0.25) is 0 Å². The molecule has 0 aliphatic carbocycles. The third-order valence-corrected chi connectivity index (χ3v) is 4.21. The Kier molecular flexibility index (Phi) is 6.95. The lowest BCUT2D eigenvalue weighted by Gasteiger charge is -2.41. The number of rotatable bonds is 9. The standard InChI is InChI=1S/C22H30O4/c1-21(2,23)19(25-15-17-11-7-5-8-12-17)20(22(3,4)24)26-16-18-13-9-6-10-14-18/h5-14,19-20,23-24H,15-16H2,1-4H3/t19-,20-/m1/s1. The first kappa shape index (κ1) is 20.6. The molecule has 0 fully saturated rings. The summed E-state index contributed by atoms with van der Waals surface area (Å²) in [5, 5.41) is 21.3. The Bertz CT molecular complexity index is 582. The van der Waals surface area contributed by atoms with Gasteiger partial charge in [-0.25, -0.2) is 0 Å². The third-order valence-electron chi connectivity index (χ3n) is 4.21. The summed E-state index contributed by atoms with van der Waals surface area (Å²) in [4.78, 5) is 0. The van der Waals surface area contributed by atoms with Crippen molar-refractivity contribution < 1.29 is 19.7 Å². The van der Waals surface area contributed by atoms with E-state index in [2.05, 4.69) is 0 Å². The number of benzene rings is 2. The Morgan fingerprint density at radius 2 is 0.962 bits per heavy atom. The summed E-state index contributed by atoms with van der Waals surface area (Å²) in [6.45, 7) is 7.36. The SMILES string of the molecule is CC(C)(O)[C@H](OCc1ccccc1)[C@@H](OCc1ccccc1)C(C)(C)O. The van der Waals surface area contributed by atoms with Gasteiger partial charge in [-0.15, -0.1) is 0 Å². The second-order valence-electron chi connectivity index (χ2n) is 7.74. The highest BCUT2D eigenvalue weighted by atomic mass is 16.6. The number of ether oxygens (including phenoxy) is 2. The van der Waals surface area contributed by atoms with Gasteiger partial charge in [-0.3, -0.25) is 0 Å². The fraction of sp³-hybridized carbons (Fsp3) is 0.455. The van der Waals surface area contributed by atoms with Crippen molar-refractivity contribution in [2.24, 2.45) is 0 Å². The minimum absolute atomic E-state index is 0.330. The molecule has 0 aromatic heterocycles. The molecule has 0 aliphatic rings. The second-order valence-corrected chi connectivity index (χ2v) is 7.74. The highest BCUT2D eigenvalue weighted by Gasteiger charge is 2.43. The van der Waals surface area contributed by atoms with Crippen molar-refractivity contribution >= 4 is 0 Å². The maximum atomic E-state index is 10.7. The molecule has 0 saturated carbocycles. The molecule has 0 saturated heterocycles.